The van der Waals surface area contributed by atoms with E-state index < -0.39 is 69.1 Å². The molecule has 47 heavy (non-hydrogen) atoms. The first-order valence-electron chi connectivity index (χ1n) is 14.9. The highest BCUT2D eigenvalue weighted by Gasteiger charge is 2.50. The fourth-order valence-electron chi connectivity index (χ4n) is 6.44. The molecule has 8 atom stereocenters. The molecule has 0 aliphatic carbocycles. The average Bonchev–Trinajstić information content (AvgIpc) is 3.78. The Morgan fingerprint density at radius 1 is 1.11 bits per heavy atom. The summed E-state index contributed by atoms with van der Waals surface area (Å²) in [5.74, 6) is 0.775. The van der Waals surface area contributed by atoms with E-state index in [2.05, 4.69) is 30.2 Å². The Morgan fingerprint density at radius 2 is 1.98 bits per heavy atom. The molecule has 8 heterocycles. The van der Waals surface area contributed by atoms with Crippen molar-refractivity contribution in [2.45, 2.75) is 68.8 Å². The van der Waals surface area contributed by atoms with Crippen LogP contribution in [0.15, 0.2) is 18.9 Å². The van der Waals surface area contributed by atoms with Crippen LogP contribution >= 0.6 is 6.72 Å². The third-order valence-electron chi connectivity index (χ3n) is 8.59. The zero-order valence-corrected chi connectivity index (χ0v) is 26.2. The summed E-state index contributed by atoms with van der Waals surface area (Å²) in [6.45, 7) is -4.40. The fourth-order valence-corrected chi connectivity index (χ4v) is 7.91. The van der Waals surface area contributed by atoms with Crippen LogP contribution in [0.5, 0.6) is 0 Å². The zero-order valence-electron chi connectivity index (χ0n) is 24.5. The highest BCUT2D eigenvalue weighted by molar-refractivity contribution is 8.07. The first kappa shape index (κ1) is 30.7. The summed E-state index contributed by atoms with van der Waals surface area (Å²) in [7, 11) is 0. The van der Waals surface area contributed by atoms with Gasteiger partial charge < -0.3 is 58.7 Å². The number of carbonyl (C=O) groups is 1. The Balaban J connectivity index is 1.07. The predicted octanol–water partition coefficient (Wildman–Crippen LogP) is 0.404. The van der Waals surface area contributed by atoms with Crippen molar-refractivity contribution in [3.8, 4) is 0 Å². The molecule has 0 amide bonds. The summed E-state index contributed by atoms with van der Waals surface area (Å²) in [5, 5.41) is 25.0. The number of aryl methyl sites for hydroxylation is 1. The molecule has 0 saturated carbocycles. The number of hydrogen-bond acceptors (Lipinski definition) is 17. The van der Waals surface area contributed by atoms with Crippen LogP contribution in [-0.2, 0) is 52.8 Å². The molecule has 0 spiro atoms. The summed E-state index contributed by atoms with van der Waals surface area (Å²) in [6, 6.07) is 0. The molecule has 6 N–H and O–H groups in total. The Morgan fingerprint density at radius 3 is 2.83 bits per heavy atom. The van der Waals surface area contributed by atoms with Crippen molar-refractivity contribution in [1.29, 1.82) is 0 Å². The van der Waals surface area contributed by atoms with Gasteiger partial charge >= 0.3 is 12.9 Å². The molecular formula is C26H30N9O10PS. The number of fused-ring (bicyclic) bond motifs is 4. The third kappa shape index (κ3) is 5.48. The largest absolute Gasteiger partial charge is 0.508 e. The smallest absolute Gasteiger partial charge is 0.431 e. The lowest BCUT2D eigenvalue weighted by molar-refractivity contribution is -0.0836. The molecular weight excluding hydrogens is 661 g/mol. The third-order valence-corrected chi connectivity index (χ3v) is 10.2. The molecule has 4 aliphatic heterocycles. The van der Waals surface area contributed by atoms with Gasteiger partial charge in [-0.1, -0.05) is 0 Å². The molecule has 1 unspecified atom stereocenters. The number of anilines is 2. The first-order valence-corrected chi connectivity index (χ1v) is 17.4. The van der Waals surface area contributed by atoms with Gasteiger partial charge in [0.15, 0.2) is 29.6 Å². The number of aromatic nitrogens is 7. The molecule has 4 aromatic heterocycles. The normalized spacial score (nSPS) is 32.8. The molecule has 19 nitrogen and oxygen atoms in total. The van der Waals surface area contributed by atoms with Crippen molar-refractivity contribution in [2.24, 2.45) is 0 Å². The molecule has 0 radical (unpaired) electrons. The van der Waals surface area contributed by atoms with Gasteiger partial charge in [-0.15, -0.1) is 0 Å². The number of aliphatic hydroxyl groups is 2. The first-order chi connectivity index (χ1) is 22.7. The Bertz CT molecular complexity index is 1910. The van der Waals surface area contributed by atoms with Gasteiger partial charge in [-0.05, 0) is 30.2 Å². The van der Waals surface area contributed by atoms with Crippen molar-refractivity contribution in [3.05, 3.63) is 30.2 Å². The number of aliphatic hydroxyl groups excluding tert-OH is 2. The number of nitrogens with two attached hydrogens (primary N) is 1. The minimum atomic E-state index is -3.95. The van der Waals surface area contributed by atoms with Crippen LogP contribution in [0.1, 0.15) is 36.7 Å². The summed E-state index contributed by atoms with van der Waals surface area (Å²) < 4.78 is 38.3. The lowest BCUT2D eigenvalue weighted by Crippen LogP contribution is -2.37. The second-order valence-corrected chi connectivity index (χ2v) is 14.3. The topological polar surface area (TPSA) is 245 Å². The van der Waals surface area contributed by atoms with E-state index in [0.29, 0.717) is 5.65 Å². The number of nitrogens with one attached hydrogen (secondary N) is 1. The number of cyclic esters (lactones) is 1. The van der Waals surface area contributed by atoms with E-state index in [1.54, 1.807) is 0 Å². The van der Waals surface area contributed by atoms with E-state index in [4.69, 9.17) is 45.5 Å². The minimum absolute atomic E-state index is 0.00898. The van der Waals surface area contributed by atoms with Gasteiger partial charge in [-0.2, -0.15) is 0 Å². The van der Waals surface area contributed by atoms with E-state index in [1.165, 1.54) is 17.2 Å². The number of hydrogen-bond donors (Lipinski definition) is 5. The number of nitrogens with zero attached hydrogens (tertiary/aromatic N) is 7. The Labute approximate surface area is 270 Å². The summed E-state index contributed by atoms with van der Waals surface area (Å²) >= 11 is 5.35. The van der Waals surface area contributed by atoms with Crippen molar-refractivity contribution in [3.63, 3.8) is 0 Å². The van der Waals surface area contributed by atoms with Crippen molar-refractivity contribution >= 4 is 58.5 Å². The molecule has 3 saturated heterocycles. The van der Waals surface area contributed by atoms with Crippen LogP contribution < -0.4 is 11.1 Å². The van der Waals surface area contributed by atoms with Crippen LogP contribution in [0, 0.1) is 0 Å². The van der Waals surface area contributed by atoms with Crippen molar-refractivity contribution < 1.29 is 47.9 Å². The number of ether oxygens (including phenoxy) is 4. The van der Waals surface area contributed by atoms with E-state index >= 15 is 0 Å². The van der Waals surface area contributed by atoms with Crippen molar-refractivity contribution in [2.75, 3.05) is 30.8 Å². The standard InChI is InChI=1S/C26H30N9O10PS/c27-21-18-24(33-15(6-36)32-21)35(10-31-18)25-20-19(37)14(43-25)8-41-46(39,47)45-12-4-16(42-13(12)7-40-26(38)44-20)34-5-11-2-1-3-28-22-17(11)23(34)30-9-29-22/h5,9-10,12-14,16,19-20,25,36-37H,1-4,6-8H2,(H,39,47)(H2,27,32,33)(H,28,29,30)/t12-,13+,14+,16+,19+,20+,25+,46?/m0/s1. The number of rotatable bonds is 3. The SMILES string of the molecule is Nc1nc(CO)nc2c1ncn2[C@@H]1O[C@@H]2COP(O)(=S)O[C@H]3C[C@H](n4cc5c6c(ncnc64)NCCC5)O[C@@H]3COC(=O)O[C@@H]1[C@@H]2O. The van der Waals surface area contributed by atoms with Crippen LogP contribution in [0.4, 0.5) is 16.4 Å². The molecule has 8 rings (SSSR count). The minimum Gasteiger partial charge on any atom is -0.431 e. The molecule has 250 valence electrons. The summed E-state index contributed by atoms with van der Waals surface area (Å²) in [5.41, 5.74) is 8.08. The van der Waals surface area contributed by atoms with Gasteiger partial charge in [0, 0.05) is 19.2 Å². The van der Waals surface area contributed by atoms with Crippen molar-refractivity contribution in [1.82, 2.24) is 34.1 Å². The quantitative estimate of drug-likeness (QED) is 0.144. The molecule has 4 aliphatic rings. The Hall–Kier alpha value is -3.59. The molecule has 3 fully saturated rings. The van der Waals surface area contributed by atoms with Crippen LogP contribution in [0.2, 0.25) is 0 Å². The van der Waals surface area contributed by atoms with Crippen LogP contribution in [0.25, 0.3) is 22.2 Å². The Kier molecular flexibility index (Phi) is 7.73. The molecule has 21 heteroatoms. The van der Waals surface area contributed by atoms with Crippen LogP contribution in [-0.4, -0.2) is 106 Å². The lowest BCUT2D eigenvalue weighted by atomic mass is 10.1. The molecule has 4 aromatic rings. The molecule has 2 bridgehead atoms. The summed E-state index contributed by atoms with van der Waals surface area (Å²) in [6.07, 6.45) is -1.84. The monoisotopic (exact) mass is 691 g/mol. The fraction of sp³-hybridized carbons (Fsp3) is 0.538. The van der Waals surface area contributed by atoms with E-state index in [-0.39, 0.29) is 35.8 Å². The highest BCUT2D eigenvalue weighted by Crippen LogP contribution is 2.50. The highest BCUT2D eigenvalue weighted by atomic mass is 32.5. The maximum absolute atomic E-state index is 13.1. The maximum Gasteiger partial charge on any atom is 0.508 e. The van der Waals surface area contributed by atoms with E-state index in [9.17, 15) is 19.9 Å². The summed E-state index contributed by atoms with van der Waals surface area (Å²) in [4.78, 5) is 45.6. The molecule has 0 aromatic carbocycles. The van der Waals surface area contributed by atoms with Crippen LogP contribution in [0.3, 0.4) is 0 Å². The maximum atomic E-state index is 13.1. The number of nitrogen functional groups attached to an aromatic ring is 1. The number of imidazole rings is 1. The predicted molar refractivity (Wildman–Crippen MR) is 162 cm³/mol. The van der Waals surface area contributed by atoms with Gasteiger partial charge in [0.25, 0.3) is 0 Å². The van der Waals surface area contributed by atoms with Gasteiger partial charge in [-0.25, -0.2) is 29.7 Å². The lowest BCUT2D eigenvalue weighted by Gasteiger charge is -2.25. The van der Waals surface area contributed by atoms with Gasteiger partial charge in [0.1, 0.15) is 67.2 Å². The zero-order chi connectivity index (χ0) is 32.4. The van der Waals surface area contributed by atoms with E-state index in [0.717, 1.165) is 36.2 Å². The van der Waals surface area contributed by atoms with Gasteiger partial charge in [0.05, 0.1) is 18.3 Å². The van der Waals surface area contributed by atoms with Gasteiger partial charge in [-0.3, -0.25) is 4.57 Å². The average molecular weight is 692 g/mol. The second kappa shape index (κ2) is 11.8. The van der Waals surface area contributed by atoms with Gasteiger partial charge in [0.2, 0.25) is 0 Å². The van der Waals surface area contributed by atoms with E-state index in [1.807, 2.05) is 10.8 Å². The number of carbonyl (C=O) groups excluding carboxylic acids is 1. The second-order valence-electron chi connectivity index (χ2n) is 11.5.